The molecule has 1 unspecified atom stereocenters. The summed E-state index contributed by atoms with van der Waals surface area (Å²) in [6.45, 7) is 3.70. The van der Waals surface area contributed by atoms with E-state index in [0.29, 0.717) is 6.54 Å². The van der Waals surface area contributed by atoms with Crippen molar-refractivity contribution in [3.8, 4) is 5.75 Å². The molecule has 5 rings (SSSR count). The Bertz CT molecular complexity index is 1270. The second kappa shape index (κ2) is 9.23. The number of nitrogens with two attached hydrogens (primary N) is 1. The van der Waals surface area contributed by atoms with Crippen LogP contribution in [0.3, 0.4) is 0 Å². The molecule has 1 amide bonds. The first-order valence-electron chi connectivity index (χ1n) is 12.5. The van der Waals surface area contributed by atoms with Crippen molar-refractivity contribution in [3.05, 3.63) is 51.2 Å². The van der Waals surface area contributed by atoms with Gasteiger partial charge < -0.3 is 36.4 Å². The van der Waals surface area contributed by atoms with Gasteiger partial charge in [-0.05, 0) is 50.8 Å². The quantitative estimate of drug-likeness (QED) is 0.238. The van der Waals surface area contributed by atoms with Crippen LogP contribution in [0.25, 0.3) is 0 Å². The molecule has 37 heavy (non-hydrogen) atoms. The molecule has 3 atom stereocenters. The fraction of sp³-hybridized carbons (Fsp3) is 0.500. The van der Waals surface area contributed by atoms with E-state index in [9.17, 15) is 34.8 Å². The number of Topliss-reactive ketones (excluding diaryl/α,β-unsaturated/α-hetero) is 2. The third-order valence-electron chi connectivity index (χ3n) is 8.19. The molecule has 1 aliphatic heterocycles. The summed E-state index contributed by atoms with van der Waals surface area (Å²) in [5, 5.41) is 46.3. The summed E-state index contributed by atoms with van der Waals surface area (Å²) in [5.41, 5.74) is 1.30. The van der Waals surface area contributed by atoms with E-state index in [1.165, 1.54) is 18.9 Å². The molecule has 198 valence electrons. The largest absolute Gasteiger partial charge is 0.511 e. The predicted molar refractivity (Wildman–Crippen MR) is 128 cm³/mol. The molecule has 1 aromatic carbocycles. The van der Waals surface area contributed by atoms with Crippen molar-refractivity contribution in [1.29, 1.82) is 0 Å². The third-order valence-corrected chi connectivity index (χ3v) is 8.19. The molecule has 1 heterocycles. The molecular weight excluding hydrogens is 485 g/mol. The van der Waals surface area contributed by atoms with Crippen molar-refractivity contribution in [1.82, 2.24) is 10.2 Å². The van der Waals surface area contributed by atoms with Crippen LogP contribution in [0.1, 0.15) is 47.2 Å². The Kier molecular flexibility index (Phi) is 6.33. The lowest BCUT2D eigenvalue weighted by molar-refractivity contribution is -0.144. The fourth-order valence-electron chi connectivity index (χ4n) is 6.32. The lowest BCUT2D eigenvalue weighted by Gasteiger charge is -2.45. The molecule has 11 heteroatoms. The van der Waals surface area contributed by atoms with Gasteiger partial charge in [0.15, 0.2) is 11.4 Å². The molecule has 10 nitrogen and oxygen atoms in total. The van der Waals surface area contributed by atoms with Crippen molar-refractivity contribution in [2.45, 2.75) is 44.2 Å². The number of nitrogens with one attached hydrogen (secondary N) is 1. The van der Waals surface area contributed by atoms with E-state index in [0.717, 1.165) is 19.6 Å². The van der Waals surface area contributed by atoms with Crippen LogP contribution in [0, 0.1) is 17.7 Å². The Morgan fingerprint density at radius 2 is 1.89 bits per heavy atom. The molecule has 3 aliphatic carbocycles. The van der Waals surface area contributed by atoms with Gasteiger partial charge in [-0.2, -0.15) is 0 Å². The van der Waals surface area contributed by atoms with Crippen molar-refractivity contribution in [2.24, 2.45) is 17.6 Å². The number of hydrogen-bond acceptors (Lipinski definition) is 9. The fourth-order valence-corrected chi connectivity index (χ4v) is 6.32. The summed E-state index contributed by atoms with van der Waals surface area (Å²) in [7, 11) is 0. The summed E-state index contributed by atoms with van der Waals surface area (Å²) in [6, 6.07) is 1.17. The van der Waals surface area contributed by atoms with Crippen LogP contribution in [0.15, 0.2) is 28.7 Å². The minimum atomic E-state index is -2.64. The van der Waals surface area contributed by atoms with Crippen molar-refractivity contribution in [3.63, 3.8) is 0 Å². The average molecular weight is 516 g/mol. The molecule has 0 radical (unpaired) electrons. The second-order valence-corrected chi connectivity index (χ2v) is 10.4. The topological polar surface area (TPSA) is 173 Å². The van der Waals surface area contributed by atoms with E-state index in [-0.39, 0.29) is 48.1 Å². The van der Waals surface area contributed by atoms with E-state index >= 15 is 4.39 Å². The van der Waals surface area contributed by atoms with Crippen molar-refractivity contribution < 1.29 is 39.2 Å². The number of likely N-dealkylation sites (tertiary alicyclic amines) is 1. The van der Waals surface area contributed by atoms with Gasteiger partial charge in [0.05, 0.1) is 5.56 Å². The minimum absolute atomic E-state index is 0.00746. The molecule has 1 aromatic rings. The summed E-state index contributed by atoms with van der Waals surface area (Å²) in [4.78, 5) is 40.4. The van der Waals surface area contributed by atoms with Gasteiger partial charge in [-0.3, -0.25) is 14.4 Å². The van der Waals surface area contributed by atoms with Crippen molar-refractivity contribution in [2.75, 3.05) is 26.2 Å². The number of fused-ring (bicyclic) bond motifs is 3. The molecule has 0 bridgehead atoms. The number of phenols is 1. The summed E-state index contributed by atoms with van der Waals surface area (Å²) >= 11 is 0. The monoisotopic (exact) mass is 515 g/mol. The maximum Gasteiger partial charge on any atom is 0.255 e. The van der Waals surface area contributed by atoms with Crippen LogP contribution in [0.5, 0.6) is 5.75 Å². The van der Waals surface area contributed by atoms with Gasteiger partial charge in [-0.15, -0.1) is 0 Å². The van der Waals surface area contributed by atoms with Gasteiger partial charge in [-0.25, -0.2) is 4.39 Å². The third kappa shape index (κ3) is 3.92. The van der Waals surface area contributed by atoms with E-state index in [4.69, 9.17) is 5.73 Å². The standard InChI is InChI=1S/C26H30FN3O7/c27-21-13(11-29-3-6-30-4-1-2-5-30)9-16(31)19-15(21)8-12-7-14-10-17(32)20(25(28)36)24(35)26(14,37)23(34)18(12)22(19)33/h9,12,14,29,31-32,34,37H,1-8,10-11H2,(H2,28,36)/t12?,14-,26-/m0/s1. The molecule has 1 fully saturated rings. The van der Waals surface area contributed by atoms with Gasteiger partial charge >= 0.3 is 0 Å². The smallest absolute Gasteiger partial charge is 0.255 e. The van der Waals surface area contributed by atoms with Crippen LogP contribution in [0.4, 0.5) is 4.39 Å². The van der Waals surface area contributed by atoms with Gasteiger partial charge in [0.2, 0.25) is 5.78 Å². The van der Waals surface area contributed by atoms with Crippen LogP contribution in [-0.2, 0) is 22.6 Å². The van der Waals surface area contributed by atoms with Gasteiger partial charge in [0, 0.05) is 48.7 Å². The minimum Gasteiger partial charge on any atom is -0.511 e. The van der Waals surface area contributed by atoms with Crippen LogP contribution < -0.4 is 11.1 Å². The van der Waals surface area contributed by atoms with E-state index in [1.807, 2.05) is 0 Å². The maximum atomic E-state index is 15.6. The summed E-state index contributed by atoms with van der Waals surface area (Å²) in [5.74, 6) is -7.93. The molecule has 0 saturated carbocycles. The number of amides is 1. The molecule has 1 saturated heterocycles. The lowest BCUT2D eigenvalue weighted by atomic mass is 9.60. The van der Waals surface area contributed by atoms with E-state index < -0.39 is 63.6 Å². The van der Waals surface area contributed by atoms with Crippen LogP contribution in [0.2, 0.25) is 0 Å². The number of benzene rings is 1. The Morgan fingerprint density at radius 3 is 2.57 bits per heavy atom. The van der Waals surface area contributed by atoms with Crippen LogP contribution in [-0.4, -0.2) is 74.6 Å². The number of carbonyl (C=O) groups excluding carboxylic acids is 3. The second-order valence-electron chi connectivity index (χ2n) is 10.4. The number of phenolic OH excluding ortho intramolecular Hbond substituents is 1. The zero-order valence-electron chi connectivity index (χ0n) is 20.2. The highest BCUT2D eigenvalue weighted by Gasteiger charge is 2.59. The number of aromatic hydroxyl groups is 1. The SMILES string of the molecule is NC(=O)C1=C(O)C[C@@H]2CC3Cc4c(F)c(CNCCN5CCCC5)cc(O)c4C(=O)C3=C(O)[C@]2(O)C1=O. The first-order chi connectivity index (χ1) is 17.6. The first kappa shape index (κ1) is 25.4. The molecule has 0 spiro atoms. The Labute approximate surface area is 212 Å². The maximum absolute atomic E-state index is 15.6. The van der Waals surface area contributed by atoms with Gasteiger partial charge in [0.25, 0.3) is 5.91 Å². The average Bonchev–Trinajstić information content (AvgIpc) is 3.35. The molecule has 7 N–H and O–H groups in total. The van der Waals surface area contributed by atoms with Gasteiger partial charge in [-0.1, -0.05) is 0 Å². The molecule has 0 aromatic heterocycles. The van der Waals surface area contributed by atoms with Crippen molar-refractivity contribution >= 4 is 17.5 Å². The first-order valence-corrected chi connectivity index (χ1v) is 12.5. The summed E-state index contributed by atoms with van der Waals surface area (Å²) in [6.07, 6.45) is 1.91. The Hall–Kier alpha value is -3.28. The van der Waals surface area contributed by atoms with E-state index in [2.05, 4.69) is 10.2 Å². The predicted octanol–water partition coefficient (Wildman–Crippen LogP) is 0.905. The number of allylic oxidation sites excluding steroid dienone is 2. The number of carbonyl (C=O) groups is 3. The van der Waals surface area contributed by atoms with Gasteiger partial charge in [0.1, 0.15) is 28.7 Å². The highest BCUT2D eigenvalue weighted by atomic mass is 19.1. The number of ketones is 2. The zero-order chi connectivity index (χ0) is 26.6. The number of aliphatic hydroxyl groups excluding tert-OH is 2. The Balaban J connectivity index is 1.45. The molecule has 4 aliphatic rings. The zero-order valence-corrected chi connectivity index (χ0v) is 20.2. The number of nitrogens with zero attached hydrogens (tertiary/aromatic N) is 1. The normalized spacial score (nSPS) is 27.8. The number of halogens is 1. The van der Waals surface area contributed by atoms with Crippen LogP contribution >= 0.6 is 0 Å². The lowest BCUT2D eigenvalue weighted by Crippen LogP contribution is -2.57. The van der Waals surface area contributed by atoms with E-state index in [1.54, 1.807) is 0 Å². The summed E-state index contributed by atoms with van der Waals surface area (Å²) < 4.78 is 15.6. The number of rotatable bonds is 6. The number of primary amides is 1. The highest BCUT2D eigenvalue weighted by molar-refractivity contribution is 6.24. The highest BCUT2D eigenvalue weighted by Crippen LogP contribution is 2.51. The number of aliphatic hydroxyl groups is 3. The number of hydrogen-bond donors (Lipinski definition) is 6. The molecular formula is C26H30FN3O7. The Morgan fingerprint density at radius 1 is 1.19 bits per heavy atom.